The highest BCUT2D eigenvalue weighted by molar-refractivity contribution is 5.72. The van der Waals surface area contributed by atoms with Crippen LogP contribution in [0.2, 0.25) is 0 Å². The van der Waals surface area contributed by atoms with Crippen molar-refractivity contribution < 1.29 is 14.6 Å². The highest BCUT2D eigenvalue weighted by Gasteiger charge is 2.31. The lowest BCUT2D eigenvalue weighted by Gasteiger charge is -2.35. The van der Waals surface area contributed by atoms with E-state index in [1.165, 1.54) is 19.3 Å². The topological polar surface area (TPSA) is 58.6 Å². The third-order valence-corrected chi connectivity index (χ3v) is 3.44. The summed E-state index contributed by atoms with van der Waals surface area (Å²) in [4.78, 5) is 11.5. The fourth-order valence-electron chi connectivity index (χ4n) is 2.50. The van der Waals surface area contributed by atoms with Crippen molar-refractivity contribution in [1.82, 2.24) is 5.32 Å². The van der Waals surface area contributed by atoms with Crippen molar-refractivity contribution in [3.63, 3.8) is 0 Å². The van der Waals surface area contributed by atoms with Gasteiger partial charge in [0.05, 0.1) is 6.54 Å². The van der Waals surface area contributed by atoms with Crippen LogP contribution >= 0.6 is 0 Å². The summed E-state index contributed by atoms with van der Waals surface area (Å²) < 4.78 is 5.23. The van der Waals surface area contributed by atoms with Crippen LogP contribution in [0.3, 0.4) is 0 Å². The predicted octanol–water partition coefficient (Wildman–Crippen LogP) is 1.86. The summed E-state index contributed by atoms with van der Waals surface area (Å²) in [7, 11) is 0. The van der Waals surface area contributed by atoms with Crippen molar-refractivity contribution in [2.75, 3.05) is 19.7 Å². The number of hydrogen-bond acceptors (Lipinski definition) is 4. The Bertz CT molecular complexity index is 265. The highest BCUT2D eigenvalue weighted by Crippen LogP contribution is 2.35. The number of carbonyl (C=O) groups is 1. The zero-order valence-electron chi connectivity index (χ0n) is 11.9. The van der Waals surface area contributed by atoms with Crippen LogP contribution in [0, 0.1) is 5.41 Å². The molecule has 106 valence electrons. The summed E-state index contributed by atoms with van der Waals surface area (Å²) >= 11 is 0. The molecule has 0 aromatic rings. The van der Waals surface area contributed by atoms with Gasteiger partial charge in [-0.15, -0.1) is 0 Å². The lowest BCUT2D eigenvalue weighted by molar-refractivity contribution is -0.153. The zero-order valence-corrected chi connectivity index (χ0v) is 11.9. The molecular weight excluding hydrogens is 230 g/mol. The van der Waals surface area contributed by atoms with Gasteiger partial charge >= 0.3 is 5.97 Å². The van der Waals surface area contributed by atoms with E-state index in [2.05, 4.69) is 5.32 Å². The van der Waals surface area contributed by atoms with Crippen LogP contribution in [0.1, 0.15) is 52.9 Å². The number of aliphatic hydroxyl groups excluding tert-OH is 1. The second kappa shape index (κ2) is 6.53. The van der Waals surface area contributed by atoms with Crippen LogP contribution in [-0.2, 0) is 9.53 Å². The van der Waals surface area contributed by atoms with Crippen LogP contribution in [0.15, 0.2) is 0 Å². The molecule has 0 unspecified atom stereocenters. The molecule has 0 atom stereocenters. The quantitative estimate of drug-likeness (QED) is 0.738. The van der Waals surface area contributed by atoms with Crippen LogP contribution in [0.4, 0.5) is 0 Å². The minimum absolute atomic E-state index is 0.0275. The van der Waals surface area contributed by atoms with Gasteiger partial charge in [-0.05, 0) is 33.6 Å². The summed E-state index contributed by atoms with van der Waals surface area (Å²) in [6.07, 6.45) is 5.70. The molecule has 0 spiro atoms. The van der Waals surface area contributed by atoms with Crippen LogP contribution in [0.5, 0.6) is 0 Å². The molecule has 1 saturated carbocycles. The van der Waals surface area contributed by atoms with Gasteiger partial charge in [-0.25, -0.2) is 0 Å². The average molecular weight is 257 g/mol. The number of ether oxygens (including phenoxy) is 1. The molecule has 0 aromatic heterocycles. The Hall–Kier alpha value is -0.610. The van der Waals surface area contributed by atoms with Crippen molar-refractivity contribution in [3.05, 3.63) is 0 Å². The molecule has 2 N–H and O–H groups in total. The number of rotatable bonds is 5. The third kappa shape index (κ3) is 5.36. The van der Waals surface area contributed by atoms with Crippen LogP contribution < -0.4 is 5.32 Å². The maximum atomic E-state index is 11.5. The molecule has 0 aromatic carbocycles. The smallest absolute Gasteiger partial charge is 0.320 e. The molecule has 1 aliphatic carbocycles. The Kier molecular flexibility index (Phi) is 5.60. The summed E-state index contributed by atoms with van der Waals surface area (Å²) in [5.74, 6) is -0.230. The number of hydrogen-bond donors (Lipinski definition) is 2. The third-order valence-electron chi connectivity index (χ3n) is 3.44. The molecule has 0 radical (unpaired) electrons. The van der Waals surface area contributed by atoms with Crippen molar-refractivity contribution in [2.24, 2.45) is 5.41 Å². The fraction of sp³-hybridized carbons (Fsp3) is 0.929. The molecule has 1 fully saturated rings. The second-order valence-corrected chi connectivity index (χ2v) is 6.41. The lowest BCUT2D eigenvalue weighted by atomic mass is 9.74. The molecule has 0 heterocycles. The highest BCUT2D eigenvalue weighted by atomic mass is 16.6. The molecule has 0 aliphatic heterocycles. The number of carbonyl (C=O) groups excluding carboxylic acids is 1. The molecule has 0 bridgehead atoms. The number of aliphatic hydroxyl groups is 1. The minimum atomic E-state index is -0.432. The average Bonchev–Trinajstić information content (AvgIpc) is 2.28. The first-order valence-corrected chi connectivity index (χ1v) is 6.90. The van der Waals surface area contributed by atoms with Gasteiger partial charge in [0.25, 0.3) is 0 Å². The van der Waals surface area contributed by atoms with Gasteiger partial charge in [-0.1, -0.05) is 19.3 Å². The molecule has 0 saturated heterocycles. The first-order valence-electron chi connectivity index (χ1n) is 6.90. The van der Waals surface area contributed by atoms with E-state index in [-0.39, 0.29) is 24.5 Å². The summed E-state index contributed by atoms with van der Waals surface area (Å²) in [5, 5.41) is 12.7. The zero-order chi connectivity index (χ0) is 13.6. The fourth-order valence-corrected chi connectivity index (χ4v) is 2.50. The monoisotopic (exact) mass is 257 g/mol. The second-order valence-electron chi connectivity index (χ2n) is 6.41. The molecule has 1 rings (SSSR count). The van der Waals surface area contributed by atoms with Crippen LogP contribution in [-0.4, -0.2) is 36.4 Å². The van der Waals surface area contributed by atoms with E-state index in [9.17, 15) is 9.90 Å². The Morgan fingerprint density at radius 3 is 2.39 bits per heavy atom. The molecule has 18 heavy (non-hydrogen) atoms. The Balaban J connectivity index is 2.29. The SMILES string of the molecule is CC(C)(C)OC(=O)CNCC1(CO)CCCCC1. The summed E-state index contributed by atoms with van der Waals surface area (Å²) in [6, 6.07) is 0. The van der Waals surface area contributed by atoms with E-state index in [4.69, 9.17) is 4.74 Å². The molecular formula is C14H27NO3. The van der Waals surface area contributed by atoms with Gasteiger partial charge in [0.15, 0.2) is 0 Å². The van der Waals surface area contributed by atoms with E-state index < -0.39 is 5.60 Å². The van der Waals surface area contributed by atoms with E-state index in [1.54, 1.807) is 0 Å². The van der Waals surface area contributed by atoms with E-state index >= 15 is 0 Å². The van der Waals surface area contributed by atoms with Gasteiger partial charge in [0, 0.05) is 18.6 Å². The van der Waals surface area contributed by atoms with Crippen molar-refractivity contribution in [3.8, 4) is 0 Å². The number of nitrogens with one attached hydrogen (secondary N) is 1. The number of esters is 1. The van der Waals surface area contributed by atoms with Crippen LogP contribution in [0.25, 0.3) is 0 Å². The molecule has 4 nitrogen and oxygen atoms in total. The lowest BCUT2D eigenvalue weighted by Crippen LogP contribution is -2.41. The van der Waals surface area contributed by atoms with Crippen molar-refractivity contribution in [1.29, 1.82) is 0 Å². The standard InChI is InChI=1S/C14H27NO3/c1-13(2,3)18-12(17)9-15-10-14(11-16)7-5-4-6-8-14/h15-16H,4-11H2,1-3H3. The first-order chi connectivity index (χ1) is 8.37. The minimum Gasteiger partial charge on any atom is -0.459 e. The van der Waals surface area contributed by atoms with Gasteiger partial charge in [-0.2, -0.15) is 0 Å². The first kappa shape index (κ1) is 15.4. The molecule has 0 amide bonds. The summed E-state index contributed by atoms with van der Waals surface area (Å²) in [5.41, 5.74) is -0.460. The van der Waals surface area contributed by atoms with Crippen molar-refractivity contribution in [2.45, 2.75) is 58.5 Å². The van der Waals surface area contributed by atoms with Gasteiger partial charge in [0.2, 0.25) is 0 Å². The van der Waals surface area contributed by atoms with Gasteiger partial charge < -0.3 is 15.2 Å². The van der Waals surface area contributed by atoms with Crippen molar-refractivity contribution >= 4 is 5.97 Å². The van der Waals surface area contributed by atoms with Gasteiger partial charge in [0.1, 0.15) is 5.60 Å². The maximum Gasteiger partial charge on any atom is 0.320 e. The molecule has 1 aliphatic rings. The van der Waals surface area contributed by atoms with E-state index in [0.717, 1.165) is 12.8 Å². The molecule has 4 heteroatoms. The Morgan fingerprint density at radius 1 is 1.28 bits per heavy atom. The maximum absolute atomic E-state index is 11.5. The van der Waals surface area contributed by atoms with E-state index in [0.29, 0.717) is 6.54 Å². The Morgan fingerprint density at radius 2 is 1.89 bits per heavy atom. The largest absolute Gasteiger partial charge is 0.459 e. The summed E-state index contributed by atoms with van der Waals surface area (Å²) in [6.45, 7) is 6.71. The van der Waals surface area contributed by atoms with Gasteiger partial charge in [-0.3, -0.25) is 4.79 Å². The Labute approximate surface area is 110 Å². The predicted molar refractivity (Wildman–Crippen MR) is 71.3 cm³/mol. The van der Waals surface area contributed by atoms with E-state index in [1.807, 2.05) is 20.8 Å². The normalized spacial score (nSPS) is 19.6.